The van der Waals surface area contributed by atoms with Gasteiger partial charge in [-0.3, -0.25) is 4.79 Å². The Kier molecular flexibility index (Phi) is 9.59. The maximum absolute atomic E-state index is 13.1. The topological polar surface area (TPSA) is 155 Å². The lowest BCUT2D eigenvalue weighted by Crippen LogP contribution is -2.63. The summed E-state index contributed by atoms with van der Waals surface area (Å²) in [6.07, 6.45) is 0.585. The molecule has 288 valence electrons. The fourth-order valence-corrected chi connectivity index (χ4v) is 14.1. The molecule has 0 amide bonds. The summed E-state index contributed by atoms with van der Waals surface area (Å²) in [7, 11) is 0. The van der Waals surface area contributed by atoms with Crippen molar-refractivity contribution in [2.75, 3.05) is 13.2 Å². The minimum absolute atomic E-state index is 0.00614. The van der Waals surface area contributed by atoms with E-state index in [9.17, 15) is 30.3 Å². The number of carbonyl (C=O) groups is 1. The number of hydrogen-bond donors (Lipinski definition) is 5. The molecule has 10 heteroatoms. The second-order valence-corrected chi connectivity index (χ2v) is 19.4. The summed E-state index contributed by atoms with van der Waals surface area (Å²) in [5, 5.41) is 55.1. The van der Waals surface area contributed by atoms with E-state index in [0.29, 0.717) is 11.8 Å². The van der Waals surface area contributed by atoms with E-state index in [-0.39, 0.29) is 58.7 Å². The summed E-state index contributed by atoms with van der Waals surface area (Å²) in [4.78, 5) is 12.0. The molecule has 6 aliphatic rings. The van der Waals surface area contributed by atoms with E-state index in [1.165, 1.54) is 6.92 Å². The van der Waals surface area contributed by atoms with Crippen LogP contribution in [0.5, 0.6) is 0 Å². The number of aliphatic hydroxyl groups is 5. The van der Waals surface area contributed by atoms with Gasteiger partial charge in [-0.1, -0.05) is 54.9 Å². The first kappa shape index (κ1) is 38.9. The van der Waals surface area contributed by atoms with Crippen LogP contribution in [0.3, 0.4) is 0 Å². The molecule has 0 bridgehead atoms. The van der Waals surface area contributed by atoms with Crippen LogP contribution in [0.25, 0.3) is 0 Å². The number of rotatable bonds is 9. The van der Waals surface area contributed by atoms with E-state index >= 15 is 0 Å². The minimum Gasteiger partial charge on any atom is -0.457 e. The summed E-state index contributed by atoms with van der Waals surface area (Å²) in [6, 6.07) is 0. The van der Waals surface area contributed by atoms with Crippen LogP contribution in [0.4, 0.5) is 0 Å². The van der Waals surface area contributed by atoms with Gasteiger partial charge in [0.2, 0.25) is 0 Å². The third kappa shape index (κ3) is 4.97. The zero-order valence-electron chi connectivity index (χ0n) is 32.6. The van der Waals surface area contributed by atoms with E-state index in [2.05, 4.69) is 48.5 Å². The van der Waals surface area contributed by atoms with Gasteiger partial charge in [0, 0.05) is 12.3 Å². The molecule has 17 unspecified atom stereocenters. The van der Waals surface area contributed by atoms with E-state index < -0.39 is 59.4 Å². The minimum atomic E-state index is -1.31. The van der Waals surface area contributed by atoms with Gasteiger partial charge < -0.3 is 44.5 Å². The number of ether oxygens (including phenoxy) is 4. The zero-order valence-corrected chi connectivity index (χ0v) is 32.6. The van der Waals surface area contributed by atoms with Crippen molar-refractivity contribution >= 4 is 5.97 Å². The third-order valence-corrected chi connectivity index (χ3v) is 17.0. The third-order valence-electron chi connectivity index (χ3n) is 17.0. The molecular formula is C40H68O10. The Hall–Kier alpha value is -0.850. The molecule has 10 nitrogen and oxygen atoms in total. The van der Waals surface area contributed by atoms with Crippen LogP contribution >= 0.6 is 0 Å². The van der Waals surface area contributed by atoms with Crippen molar-refractivity contribution in [2.24, 2.45) is 56.7 Å². The molecule has 6 rings (SSSR count). The number of esters is 1. The lowest BCUT2D eigenvalue weighted by molar-refractivity contribution is -0.303. The summed E-state index contributed by atoms with van der Waals surface area (Å²) in [5.74, 6) is 1.02. The summed E-state index contributed by atoms with van der Waals surface area (Å²) >= 11 is 0. The van der Waals surface area contributed by atoms with Gasteiger partial charge in [-0.2, -0.15) is 0 Å². The number of aliphatic hydroxyl groups excluding tert-OH is 3. The Morgan fingerprint density at radius 3 is 2.18 bits per heavy atom. The molecule has 1 aliphatic heterocycles. The molecule has 17 atom stereocenters. The van der Waals surface area contributed by atoms with Crippen molar-refractivity contribution < 1.29 is 49.3 Å². The quantitative estimate of drug-likeness (QED) is 0.170. The van der Waals surface area contributed by atoms with Gasteiger partial charge in [-0.05, 0) is 111 Å². The van der Waals surface area contributed by atoms with E-state index in [1.807, 2.05) is 6.92 Å². The predicted molar refractivity (Wildman–Crippen MR) is 187 cm³/mol. The first-order chi connectivity index (χ1) is 23.0. The van der Waals surface area contributed by atoms with Crippen molar-refractivity contribution in [3.8, 4) is 0 Å². The van der Waals surface area contributed by atoms with Crippen molar-refractivity contribution in [3.05, 3.63) is 0 Å². The highest BCUT2D eigenvalue weighted by Crippen LogP contribution is 2.92. The highest BCUT2D eigenvalue weighted by atomic mass is 16.7. The summed E-state index contributed by atoms with van der Waals surface area (Å²) in [6.45, 7) is 22.8. The monoisotopic (exact) mass is 708 g/mol. The first-order valence-electron chi connectivity index (χ1n) is 19.6. The molecule has 5 N–H and O–H groups in total. The second kappa shape index (κ2) is 12.3. The van der Waals surface area contributed by atoms with Gasteiger partial charge in [-0.25, -0.2) is 0 Å². The van der Waals surface area contributed by atoms with Crippen LogP contribution in [-0.4, -0.2) is 98.8 Å². The van der Waals surface area contributed by atoms with E-state index in [0.717, 1.165) is 44.9 Å². The maximum Gasteiger partial charge on any atom is 0.303 e. The molecule has 0 aromatic heterocycles. The molecular weight excluding hydrogens is 640 g/mol. The van der Waals surface area contributed by atoms with Gasteiger partial charge in [-0.15, -0.1) is 0 Å². The predicted octanol–water partition coefficient (Wildman–Crippen LogP) is 4.60. The Balaban J connectivity index is 1.32. The molecule has 1 heterocycles. The Labute approximate surface area is 300 Å². The molecule has 1 saturated heterocycles. The van der Waals surface area contributed by atoms with Crippen LogP contribution in [0.2, 0.25) is 0 Å². The highest BCUT2D eigenvalue weighted by Gasteiger charge is 2.89. The van der Waals surface area contributed by atoms with Crippen molar-refractivity contribution in [2.45, 2.75) is 175 Å². The van der Waals surface area contributed by atoms with Gasteiger partial charge in [0.15, 0.2) is 12.4 Å². The number of fused-ring (bicyclic) bond motifs is 2. The Bertz CT molecular complexity index is 1290. The van der Waals surface area contributed by atoms with Gasteiger partial charge in [0.25, 0.3) is 0 Å². The van der Waals surface area contributed by atoms with Crippen molar-refractivity contribution in [3.63, 3.8) is 0 Å². The number of hydrogen-bond acceptors (Lipinski definition) is 10. The molecule has 0 aromatic carbocycles. The van der Waals surface area contributed by atoms with Crippen LogP contribution in [0.1, 0.15) is 121 Å². The number of carbonyl (C=O) groups excluding carboxylic acids is 1. The molecule has 5 aliphatic carbocycles. The molecule has 0 radical (unpaired) electrons. The van der Waals surface area contributed by atoms with E-state index in [4.69, 9.17) is 18.9 Å². The molecule has 0 aromatic rings. The summed E-state index contributed by atoms with van der Waals surface area (Å²) < 4.78 is 24.6. The second-order valence-electron chi connectivity index (χ2n) is 19.4. The lowest BCUT2D eigenvalue weighted by atomic mass is 9.40. The Morgan fingerprint density at radius 1 is 0.960 bits per heavy atom. The molecule has 50 heavy (non-hydrogen) atoms. The van der Waals surface area contributed by atoms with E-state index in [1.54, 1.807) is 13.8 Å². The van der Waals surface area contributed by atoms with Crippen LogP contribution in [0.15, 0.2) is 0 Å². The van der Waals surface area contributed by atoms with Gasteiger partial charge >= 0.3 is 5.97 Å². The highest BCUT2D eigenvalue weighted by molar-refractivity contribution is 5.66. The Morgan fingerprint density at radius 2 is 1.58 bits per heavy atom. The van der Waals surface area contributed by atoms with Crippen LogP contribution in [-0.2, 0) is 23.7 Å². The van der Waals surface area contributed by atoms with Crippen LogP contribution in [0, 0.1) is 56.7 Å². The molecule has 5 saturated carbocycles. The lowest BCUT2D eigenvalue weighted by Gasteiger charge is -2.65. The fourth-order valence-electron chi connectivity index (χ4n) is 14.1. The van der Waals surface area contributed by atoms with Crippen molar-refractivity contribution in [1.29, 1.82) is 0 Å². The summed E-state index contributed by atoms with van der Waals surface area (Å²) in [5.41, 5.74) is -3.20. The zero-order chi connectivity index (χ0) is 37.2. The smallest absolute Gasteiger partial charge is 0.303 e. The average Bonchev–Trinajstić information content (AvgIpc) is 3.51. The largest absolute Gasteiger partial charge is 0.457 e. The van der Waals surface area contributed by atoms with Gasteiger partial charge in [0.05, 0.1) is 36.6 Å². The van der Waals surface area contributed by atoms with Crippen LogP contribution < -0.4 is 0 Å². The molecule has 6 fully saturated rings. The standard InChI is InChI=1S/C40H68O10/c1-12-21(2)29-32(47-20-28(35(7,8)45)49-23(4)41)38(11,46)37(10)26-14-13-25-34(5,6)27(50-33-31(44)30(43)24(42)19-48-33)15-16-39(25)22(3)40(26,39)18-17-36(29,37)9/h21-22,24-33,42-46H,12-20H2,1-11H3. The first-order valence-corrected chi connectivity index (χ1v) is 19.6. The normalized spacial score (nSPS) is 52.2. The SMILES string of the molecule is CCC(C)C1C(OCC(OC(C)=O)C(C)(C)O)C(C)(O)C2(C)C3CCC4C(C)(C)C(OC5OCC(O)C(O)C5O)CCC45C(C)C35CCC12C. The fraction of sp³-hybridized carbons (Fsp3) is 0.975. The average molecular weight is 709 g/mol. The molecule has 2 spiro atoms. The maximum atomic E-state index is 13.1. The van der Waals surface area contributed by atoms with Crippen molar-refractivity contribution in [1.82, 2.24) is 0 Å². The van der Waals surface area contributed by atoms with Gasteiger partial charge in [0.1, 0.15) is 18.3 Å².